The molecule has 10 nitrogen and oxygen atoms in total. The molecular formula is C30H34N4O6PS+. The number of carbonyl (C=O) groups is 3. The van der Waals surface area contributed by atoms with Crippen molar-refractivity contribution < 1.29 is 28.6 Å². The van der Waals surface area contributed by atoms with Crippen LogP contribution in [0.5, 0.6) is 5.88 Å². The van der Waals surface area contributed by atoms with E-state index in [0.29, 0.717) is 36.7 Å². The second-order valence-electron chi connectivity index (χ2n) is 11.5. The molecule has 4 atom stereocenters. The molecule has 3 fully saturated rings. The van der Waals surface area contributed by atoms with Gasteiger partial charge in [0, 0.05) is 47.6 Å². The zero-order chi connectivity index (χ0) is 29.5. The summed E-state index contributed by atoms with van der Waals surface area (Å²) >= 11 is 1.32. The van der Waals surface area contributed by atoms with Crippen LogP contribution in [-0.4, -0.2) is 75.7 Å². The molecule has 3 amide bonds. The molecule has 0 radical (unpaired) electrons. The number of rotatable bonds is 7. The Morgan fingerprint density at radius 3 is 2.71 bits per heavy atom. The zero-order valence-corrected chi connectivity index (χ0v) is 25.3. The molecule has 6 rings (SSSR count). The fourth-order valence-electron chi connectivity index (χ4n) is 6.57. The number of thiophene rings is 1. The molecule has 1 aromatic carbocycles. The first-order valence-corrected chi connectivity index (χ1v) is 16.5. The Labute approximate surface area is 248 Å². The highest BCUT2D eigenvalue weighted by Gasteiger charge is 2.47. The van der Waals surface area contributed by atoms with Crippen molar-refractivity contribution in [1.82, 2.24) is 20.1 Å². The summed E-state index contributed by atoms with van der Waals surface area (Å²) in [4.78, 5) is 58.4. The summed E-state index contributed by atoms with van der Waals surface area (Å²) in [5.74, 6) is 0.266. The fraction of sp³-hybridized carbons (Fsp3) is 0.467. The number of amides is 3. The number of hydrogen-bond acceptors (Lipinski definition) is 7. The van der Waals surface area contributed by atoms with Crippen LogP contribution in [0.25, 0.3) is 10.1 Å². The van der Waals surface area contributed by atoms with Gasteiger partial charge in [-0.15, -0.1) is 11.3 Å². The molecule has 3 aliphatic rings. The van der Waals surface area contributed by atoms with Crippen LogP contribution >= 0.6 is 19.4 Å². The quantitative estimate of drug-likeness (QED) is 0.386. The number of ether oxygens (including phenoxy) is 1. The number of methoxy groups -OCH3 is 1. The summed E-state index contributed by atoms with van der Waals surface area (Å²) in [5, 5.41) is 3.78. The third-order valence-electron chi connectivity index (χ3n) is 8.77. The first kappa shape index (κ1) is 28.7. The largest absolute Gasteiger partial charge is 0.510 e. The first-order valence-electron chi connectivity index (χ1n) is 14.3. The summed E-state index contributed by atoms with van der Waals surface area (Å²) in [5.41, 5.74) is 2.93. The second kappa shape index (κ2) is 11.7. The first-order chi connectivity index (χ1) is 20.2. The van der Waals surface area contributed by atoms with Crippen molar-refractivity contribution in [3.05, 3.63) is 58.1 Å². The third kappa shape index (κ3) is 5.53. The number of fused-ring (bicyclic) bond motifs is 2. The van der Waals surface area contributed by atoms with Crippen LogP contribution in [0.15, 0.2) is 36.5 Å². The van der Waals surface area contributed by atoms with Gasteiger partial charge >= 0.3 is 8.03 Å². The van der Waals surface area contributed by atoms with Crippen molar-refractivity contribution in [1.29, 1.82) is 0 Å². The average Bonchev–Trinajstić information content (AvgIpc) is 3.52. The molecule has 3 aliphatic heterocycles. The Bertz CT molecular complexity index is 1570. The molecule has 220 valence electrons. The summed E-state index contributed by atoms with van der Waals surface area (Å²) in [6.45, 7) is 3.21. The predicted molar refractivity (Wildman–Crippen MR) is 159 cm³/mol. The number of likely N-dealkylation sites (tertiary alicyclic amines) is 1. The highest BCUT2D eigenvalue weighted by atomic mass is 32.1. The molecule has 2 aromatic heterocycles. The Kier molecular flexibility index (Phi) is 8.00. The average molecular weight is 610 g/mol. The lowest BCUT2D eigenvalue weighted by Crippen LogP contribution is -2.58. The van der Waals surface area contributed by atoms with Gasteiger partial charge in [-0.3, -0.25) is 14.4 Å². The van der Waals surface area contributed by atoms with E-state index in [-0.39, 0.29) is 35.8 Å². The molecule has 0 aliphatic carbocycles. The normalized spacial score (nSPS) is 22.9. The van der Waals surface area contributed by atoms with E-state index in [0.717, 1.165) is 46.0 Å². The summed E-state index contributed by atoms with van der Waals surface area (Å²) < 4.78 is 17.3. The molecule has 12 heteroatoms. The van der Waals surface area contributed by atoms with Gasteiger partial charge in [0.2, 0.25) is 23.9 Å². The minimum absolute atomic E-state index is 0.0132. The topological polar surface area (TPSA) is 129 Å². The van der Waals surface area contributed by atoms with Crippen LogP contribution in [0.3, 0.4) is 0 Å². The zero-order valence-electron chi connectivity index (χ0n) is 23.6. The smallest absolute Gasteiger partial charge is 0.481 e. The summed E-state index contributed by atoms with van der Waals surface area (Å²) in [6.07, 6.45) is 5.46. The van der Waals surface area contributed by atoms with Gasteiger partial charge in [0.25, 0.3) is 5.91 Å². The van der Waals surface area contributed by atoms with Gasteiger partial charge in [0.15, 0.2) is 0 Å². The Morgan fingerprint density at radius 2 is 1.98 bits per heavy atom. The van der Waals surface area contributed by atoms with E-state index in [1.54, 1.807) is 24.1 Å². The molecule has 5 heterocycles. The lowest BCUT2D eigenvalue weighted by atomic mass is 9.89. The minimum atomic E-state index is -2.29. The van der Waals surface area contributed by atoms with Crippen molar-refractivity contribution in [2.24, 2.45) is 0 Å². The number of carbonyl (C=O) groups excluding carboxylic acids is 3. The van der Waals surface area contributed by atoms with Crippen LogP contribution in [0, 0.1) is 6.92 Å². The standard InChI is InChI=1S/C30H33N4O6PS/c1-17-10-27(40-2)31-13-22(17)20-14-33(15-20)30(37)24-8-7-21-4-3-5-23(29(36)34(21)24)32-28(35)26-12-19-11-18(16-41(38)39)6-9-25(19)42-26/h6,9-13,20-21,23-24H,3-5,7-8,14-16H2,1-2H3,(H-,32,35,38,39)/p+1/t21-,23-,24-/m0/s1. The number of hydrogen-bond donors (Lipinski definition) is 2. The molecule has 1 unspecified atom stereocenters. The molecule has 3 aromatic rings. The van der Waals surface area contributed by atoms with Gasteiger partial charge in [0.1, 0.15) is 12.1 Å². The van der Waals surface area contributed by atoms with Crippen LogP contribution in [0.2, 0.25) is 0 Å². The van der Waals surface area contributed by atoms with Crippen LogP contribution in [0.1, 0.15) is 64.4 Å². The number of nitrogens with zero attached hydrogens (tertiary/aromatic N) is 3. The van der Waals surface area contributed by atoms with Gasteiger partial charge in [-0.1, -0.05) is 6.07 Å². The molecule has 0 saturated carbocycles. The molecule has 0 bridgehead atoms. The van der Waals surface area contributed by atoms with Gasteiger partial charge in [-0.2, -0.15) is 4.89 Å². The van der Waals surface area contributed by atoms with E-state index in [2.05, 4.69) is 10.3 Å². The number of benzene rings is 1. The van der Waals surface area contributed by atoms with Gasteiger partial charge in [0.05, 0.1) is 12.0 Å². The Morgan fingerprint density at radius 1 is 1.17 bits per heavy atom. The molecule has 3 saturated heterocycles. The maximum Gasteiger partial charge on any atom is 0.510 e. The highest BCUT2D eigenvalue weighted by molar-refractivity contribution is 7.37. The summed E-state index contributed by atoms with van der Waals surface area (Å²) in [6, 6.07) is 7.95. The Balaban J connectivity index is 1.12. The van der Waals surface area contributed by atoms with Crippen molar-refractivity contribution in [2.45, 2.75) is 69.2 Å². The molecule has 42 heavy (non-hydrogen) atoms. The van der Waals surface area contributed by atoms with E-state index in [1.165, 1.54) is 11.3 Å². The van der Waals surface area contributed by atoms with Crippen molar-refractivity contribution in [3.63, 3.8) is 0 Å². The lowest BCUT2D eigenvalue weighted by Gasteiger charge is -2.43. The number of pyridine rings is 1. The predicted octanol–water partition coefficient (Wildman–Crippen LogP) is 4.12. The fourth-order valence-corrected chi connectivity index (χ4v) is 8.03. The highest BCUT2D eigenvalue weighted by Crippen LogP contribution is 2.36. The maximum atomic E-state index is 13.8. The van der Waals surface area contributed by atoms with Crippen LogP contribution < -0.4 is 10.1 Å². The van der Waals surface area contributed by atoms with E-state index in [1.807, 2.05) is 36.2 Å². The maximum absolute atomic E-state index is 13.8. The monoisotopic (exact) mass is 609 g/mol. The lowest BCUT2D eigenvalue weighted by molar-refractivity contribution is -0.148. The molecular weight excluding hydrogens is 575 g/mol. The third-order valence-corrected chi connectivity index (χ3v) is 10.5. The SMILES string of the molecule is COc1cc(C)c(C2CN(C(=O)[C@@H]3CC[C@@H]4CCC[C@H](NC(=O)c5cc6cc(C[P+](=O)O)ccc6s5)C(=O)N43)C2)cn1. The number of aromatic nitrogens is 1. The van der Waals surface area contributed by atoms with E-state index < -0.39 is 20.1 Å². The van der Waals surface area contributed by atoms with Gasteiger partial charge < -0.3 is 19.9 Å². The number of nitrogens with one attached hydrogen (secondary N) is 1. The van der Waals surface area contributed by atoms with E-state index >= 15 is 0 Å². The van der Waals surface area contributed by atoms with Gasteiger partial charge in [-0.25, -0.2) is 4.98 Å². The molecule has 2 N–H and O–H groups in total. The van der Waals surface area contributed by atoms with E-state index in [9.17, 15) is 23.8 Å². The Hall–Kier alpha value is -3.40. The van der Waals surface area contributed by atoms with E-state index in [4.69, 9.17) is 4.74 Å². The van der Waals surface area contributed by atoms with Crippen molar-refractivity contribution in [2.75, 3.05) is 20.2 Å². The van der Waals surface area contributed by atoms with Crippen molar-refractivity contribution in [3.8, 4) is 5.88 Å². The molecule has 0 spiro atoms. The minimum Gasteiger partial charge on any atom is -0.481 e. The van der Waals surface area contributed by atoms with Gasteiger partial charge in [-0.05, 0) is 78.3 Å². The number of aryl methyl sites for hydroxylation is 1. The van der Waals surface area contributed by atoms with Crippen LogP contribution in [-0.2, 0) is 20.3 Å². The van der Waals surface area contributed by atoms with Crippen molar-refractivity contribution >= 4 is 47.2 Å². The second-order valence-corrected chi connectivity index (χ2v) is 13.6. The van der Waals surface area contributed by atoms with Crippen LogP contribution in [0.4, 0.5) is 0 Å². The summed E-state index contributed by atoms with van der Waals surface area (Å²) in [7, 11) is -0.701.